The molecule has 0 aromatic rings. The fraction of sp³-hybridized carbons (Fsp3) is 0.889. The van der Waals surface area contributed by atoms with Crippen LogP contribution in [0.5, 0.6) is 0 Å². The molecule has 0 radical (unpaired) electrons. The van der Waals surface area contributed by atoms with E-state index < -0.39 is 5.60 Å². The van der Waals surface area contributed by atoms with Gasteiger partial charge in [-0.25, -0.2) is 4.79 Å². The van der Waals surface area contributed by atoms with Crippen molar-refractivity contribution in [2.24, 2.45) is 0 Å². The number of likely N-dealkylation sites (tertiary alicyclic amines) is 2. The molecule has 2 aliphatic rings. The lowest BCUT2D eigenvalue weighted by Crippen LogP contribution is -2.55. The topological polar surface area (TPSA) is 61.9 Å². The average molecular weight is 339 g/mol. The summed E-state index contributed by atoms with van der Waals surface area (Å²) in [6.07, 6.45) is 5.09. The molecule has 0 aliphatic carbocycles. The summed E-state index contributed by atoms with van der Waals surface area (Å²) in [6, 6.07) is -0.0540. The first-order chi connectivity index (χ1) is 11.3. The van der Waals surface area contributed by atoms with Gasteiger partial charge in [0.2, 0.25) is 5.91 Å². The third-order valence-corrected chi connectivity index (χ3v) is 4.60. The third kappa shape index (κ3) is 5.65. The molecular formula is C18H33N3O3. The van der Waals surface area contributed by atoms with E-state index in [4.69, 9.17) is 4.74 Å². The summed E-state index contributed by atoms with van der Waals surface area (Å²) in [4.78, 5) is 28.5. The molecule has 6 heteroatoms. The van der Waals surface area contributed by atoms with Crippen molar-refractivity contribution in [2.45, 2.75) is 77.5 Å². The molecule has 0 aromatic heterocycles. The molecule has 2 fully saturated rings. The average Bonchev–Trinajstić information content (AvgIpc) is 2.53. The molecule has 138 valence electrons. The van der Waals surface area contributed by atoms with E-state index in [1.54, 1.807) is 4.90 Å². The zero-order chi connectivity index (χ0) is 17.7. The van der Waals surface area contributed by atoms with Crippen molar-refractivity contribution in [3.8, 4) is 0 Å². The monoisotopic (exact) mass is 339 g/mol. The molecule has 2 atom stereocenters. The van der Waals surface area contributed by atoms with Gasteiger partial charge in [0.15, 0.2) is 0 Å². The second kappa shape index (κ2) is 8.19. The van der Waals surface area contributed by atoms with Crippen LogP contribution in [0.3, 0.4) is 0 Å². The maximum absolute atomic E-state index is 12.5. The van der Waals surface area contributed by atoms with Gasteiger partial charge in [0.1, 0.15) is 5.60 Å². The van der Waals surface area contributed by atoms with E-state index in [9.17, 15) is 9.59 Å². The minimum Gasteiger partial charge on any atom is -0.444 e. The molecule has 2 amide bonds. The van der Waals surface area contributed by atoms with Gasteiger partial charge in [-0.2, -0.15) is 0 Å². The van der Waals surface area contributed by atoms with Crippen LogP contribution in [-0.2, 0) is 9.53 Å². The van der Waals surface area contributed by atoms with Crippen LogP contribution >= 0.6 is 0 Å². The number of piperidine rings is 2. The highest BCUT2D eigenvalue weighted by Gasteiger charge is 2.30. The van der Waals surface area contributed by atoms with E-state index in [-0.39, 0.29) is 24.1 Å². The molecule has 6 nitrogen and oxygen atoms in total. The zero-order valence-electron chi connectivity index (χ0n) is 15.6. The van der Waals surface area contributed by atoms with Crippen LogP contribution in [0.2, 0.25) is 0 Å². The van der Waals surface area contributed by atoms with E-state index in [2.05, 4.69) is 5.32 Å². The lowest BCUT2D eigenvalue weighted by Gasteiger charge is -2.36. The number of rotatable bonds is 3. The smallest absolute Gasteiger partial charge is 0.410 e. The van der Waals surface area contributed by atoms with Gasteiger partial charge in [-0.3, -0.25) is 4.79 Å². The summed E-state index contributed by atoms with van der Waals surface area (Å²) in [6.45, 7) is 10.6. The SMILES string of the molecule is CC(NC1CCCN(C(=O)OC(C)(C)C)C1)C(=O)N1CCCCC1. The highest BCUT2D eigenvalue weighted by atomic mass is 16.6. The fourth-order valence-corrected chi connectivity index (χ4v) is 3.42. The number of nitrogens with zero attached hydrogens (tertiary/aromatic N) is 2. The molecule has 0 aromatic carbocycles. The van der Waals surface area contributed by atoms with Crippen LogP contribution in [0.4, 0.5) is 4.79 Å². The Kier molecular flexibility index (Phi) is 6.49. The molecule has 2 aliphatic heterocycles. The summed E-state index contributed by atoms with van der Waals surface area (Å²) in [5.74, 6) is 0.184. The van der Waals surface area contributed by atoms with Gasteiger partial charge in [0, 0.05) is 32.2 Å². The first-order valence-electron chi connectivity index (χ1n) is 9.29. The molecular weight excluding hydrogens is 306 g/mol. The predicted octanol–water partition coefficient (Wildman–Crippen LogP) is 2.38. The van der Waals surface area contributed by atoms with Crippen molar-refractivity contribution in [3.05, 3.63) is 0 Å². The Bertz CT molecular complexity index is 441. The number of amides is 2. The highest BCUT2D eigenvalue weighted by Crippen LogP contribution is 2.16. The van der Waals surface area contributed by atoms with E-state index in [0.717, 1.165) is 45.3 Å². The Balaban J connectivity index is 1.83. The minimum absolute atomic E-state index is 0.148. The number of hydrogen-bond acceptors (Lipinski definition) is 4. The summed E-state index contributed by atoms with van der Waals surface area (Å²) >= 11 is 0. The van der Waals surface area contributed by atoms with Gasteiger partial charge in [0.25, 0.3) is 0 Å². The second-order valence-electron chi connectivity index (χ2n) is 8.04. The van der Waals surface area contributed by atoms with Crippen LogP contribution in [0.25, 0.3) is 0 Å². The zero-order valence-corrected chi connectivity index (χ0v) is 15.6. The van der Waals surface area contributed by atoms with Crippen molar-refractivity contribution in [3.63, 3.8) is 0 Å². The first kappa shape index (κ1) is 19.0. The number of carbonyl (C=O) groups excluding carboxylic acids is 2. The molecule has 2 saturated heterocycles. The minimum atomic E-state index is -0.477. The first-order valence-corrected chi connectivity index (χ1v) is 9.29. The summed E-state index contributed by atoms with van der Waals surface area (Å²) in [5.41, 5.74) is -0.477. The molecule has 24 heavy (non-hydrogen) atoms. The van der Waals surface area contributed by atoms with Gasteiger partial charge in [-0.1, -0.05) is 0 Å². The predicted molar refractivity (Wildman–Crippen MR) is 93.9 cm³/mol. The fourth-order valence-electron chi connectivity index (χ4n) is 3.42. The standard InChI is InChI=1S/C18H33N3O3/c1-14(16(22)20-10-6-5-7-11-20)19-15-9-8-12-21(13-15)17(23)24-18(2,3)4/h14-15,19H,5-13H2,1-4H3. The molecule has 0 bridgehead atoms. The Morgan fingerprint density at radius 3 is 2.29 bits per heavy atom. The Morgan fingerprint density at radius 2 is 1.67 bits per heavy atom. The van der Waals surface area contributed by atoms with Gasteiger partial charge in [0.05, 0.1) is 6.04 Å². The van der Waals surface area contributed by atoms with Crippen LogP contribution in [0.15, 0.2) is 0 Å². The second-order valence-corrected chi connectivity index (χ2v) is 8.04. The van der Waals surface area contributed by atoms with Crippen LogP contribution in [-0.4, -0.2) is 65.7 Å². The number of ether oxygens (including phenoxy) is 1. The molecule has 2 rings (SSSR count). The van der Waals surface area contributed by atoms with Crippen LogP contribution in [0.1, 0.15) is 59.8 Å². The highest BCUT2D eigenvalue weighted by molar-refractivity contribution is 5.81. The van der Waals surface area contributed by atoms with E-state index >= 15 is 0 Å². The number of hydrogen-bond donors (Lipinski definition) is 1. The molecule has 0 spiro atoms. The van der Waals surface area contributed by atoms with Gasteiger partial charge in [-0.05, 0) is 59.8 Å². The number of carbonyl (C=O) groups is 2. The summed E-state index contributed by atoms with van der Waals surface area (Å²) in [5, 5.41) is 3.42. The Morgan fingerprint density at radius 1 is 1.04 bits per heavy atom. The maximum Gasteiger partial charge on any atom is 0.410 e. The molecule has 1 N–H and O–H groups in total. The van der Waals surface area contributed by atoms with Crippen molar-refractivity contribution < 1.29 is 14.3 Å². The quantitative estimate of drug-likeness (QED) is 0.857. The molecule has 0 saturated carbocycles. The number of nitrogens with one attached hydrogen (secondary N) is 1. The van der Waals surface area contributed by atoms with Crippen molar-refractivity contribution in [2.75, 3.05) is 26.2 Å². The van der Waals surface area contributed by atoms with Crippen molar-refractivity contribution in [1.82, 2.24) is 15.1 Å². The van der Waals surface area contributed by atoms with Crippen molar-refractivity contribution in [1.29, 1.82) is 0 Å². The summed E-state index contributed by atoms with van der Waals surface area (Å²) in [7, 11) is 0. The van der Waals surface area contributed by atoms with Crippen molar-refractivity contribution >= 4 is 12.0 Å². The molecule has 2 unspecified atom stereocenters. The van der Waals surface area contributed by atoms with Gasteiger partial charge < -0.3 is 19.9 Å². The third-order valence-electron chi connectivity index (χ3n) is 4.60. The largest absolute Gasteiger partial charge is 0.444 e. The Labute approximate surface area is 145 Å². The van der Waals surface area contributed by atoms with E-state index in [1.165, 1.54) is 6.42 Å². The lowest BCUT2D eigenvalue weighted by molar-refractivity contribution is -0.134. The summed E-state index contributed by atoms with van der Waals surface area (Å²) < 4.78 is 5.46. The van der Waals surface area contributed by atoms with E-state index in [1.807, 2.05) is 32.6 Å². The van der Waals surface area contributed by atoms with Crippen LogP contribution < -0.4 is 5.32 Å². The maximum atomic E-state index is 12.5. The van der Waals surface area contributed by atoms with Gasteiger partial charge >= 0.3 is 6.09 Å². The molecule has 2 heterocycles. The normalized spacial score (nSPS) is 23.8. The van der Waals surface area contributed by atoms with Crippen LogP contribution in [0, 0.1) is 0 Å². The Hall–Kier alpha value is -1.30. The lowest BCUT2D eigenvalue weighted by atomic mass is 10.0. The van der Waals surface area contributed by atoms with E-state index in [0.29, 0.717) is 6.54 Å². The van der Waals surface area contributed by atoms with Gasteiger partial charge in [-0.15, -0.1) is 0 Å².